The zero-order chi connectivity index (χ0) is 26.1. The number of benzene rings is 1. The second kappa shape index (κ2) is 12.7. The summed E-state index contributed by atoms with van der Waals surface area (Å²) in [5.41, 5.74) is 0.861. The molecule has 0 aromatic heterocycles. The Morgan fingerprint density at radius 1 is 0.971 bits per heavy atom. The lowest BCUT2D eigenvalue weighted by Crippen LogP contribution is -2.67. The van der Waals surface area contributed by atoms with Crippen LogP contribution in [-0.2, 0) is 38.1 Å². The topological polar surface area (TPSA) is 136 Å². The fourth-order valence-electron chi connectivity index (χ4n) is 3.59. The Kier molecular flexibility index (Phi) is 10.1. The van der Waals surface area contributed by atoms with Crippen molar-refractivity contribution in [1.82, 2.24) is 5.32 Å². The van der Waals surface area contributed by atoms with Gasteiger partial charge in [0.05, 0.1) is 7.11 Å². The van der Waals surface area contributed by atoms with Crippen molar-refractivity contribution in [3.8, 4) is 11.5 Å². The van der Waals surface area contributed by atoms with E-state index in [0.29, 0.717) is 5.75 Å². The normalized spacial score (nSPS) is 23.8. The van der Waals surface area contributed by atoms with Gasteiger partial charge in [-0.1, -0.05) is 18.2 Å². The fraction of sp³-hybridized carbons (Fsp3) is 0.500. The highest BCUT2D eigenvalue weighted by Gasteiger charge is 2.52. The maximum Gasteiger partial charge on any atom is 0.303 e. The molecule has 0 aliphatic carbocycles. The van der Waals surface area contributed by atoms with E-state index in [1.807, 2.05) is 19.1 Å². The van der Waals surface area contributed by atoms with Gasteiger partial charge in [0.15, 0.2) is 23.7 Å². The van der Waals surface area contributed by atoms with Crippen molar-refractivity contribution in [1.29, 1.82) is 0 Å². The number of esters is 3. The molecule has 35 heavy (non-hydrogen) atoms. The minimum Gasteiger partial charge on any atom is -0.493 e. The molecule has 0 radical (unpaired) electrons. The van der Waals surface area contributed by atoms with E-state index in [1.165, 1.54) is 34.8 Å². The summed E-state index contributed by atoms with van der Waals surface area (Å²) in [4.78, 5) is 47.3. The average Bonchev–Trinajstić information content (AvgIpc) is 2.76. The van der Waals surface area contributed by atoms with Crippen molar-refractivity contribution in [2.24, 2.45) is 0 Å². The zero-order valence-electron chi connectivity index (χ0n) is 20.6. The number of nitrogens with one attached hydrogen (secondary N) is 1. The molecule has 5 atom stereocenters. The highest BCUT2D eigenvalue weighted by molar-refractivity contribution is 5.73. The van der Waals surface area contributed by atoms with E-state index in [1.54, 1.807) is 18.2 Å². The van der Waals surface area contributed by atoms with Gasteiger partial charge in [0.1, 0.15) is 18.8 Å². The lowest BCUT2D eigenvalue weighted by atomic mass is 9.96. The van der Waals surface area contributed by atoms with E-state index >= 15 is 0 Å². The number of methoxy groups -OCH3 is 1. The average molecular weight is 494 g/mol. The van der Waals surface area contributed by atoms with Gasteiger partial charge in [-0.05, 0) is 24.6 Å². The molecule has 11 nitrogen and oxygen atoms in total. The Bertz CT molecular complexity index is 960. The fourth-order valence-corrected chi connectivity index (χ4v) is 3.59. The Balaban J connectivity index is 2.51. The molecule has 1 amide bonds. The molecular formula is C24H31NO10. The van der Waals surface area contributed by atoms with E-state index in [-0.39, 0.29) is 12.4 Å². The van der Waals surface area contributed by atoms with Crippen molar-refractivity contribution in [2.75, 3.05) is 13.7 Å². The van der Waals surface area contributed by atoms with Crippen LogP contribution < -0.4 is 14.8 Å². The van der Waals surface area contributed by atoms with Crippen molar-refractivity contribution in [3.63, 3.8) is 0 Å². The zero-order valence-corrected chi connectivity index (χ0v) is 20.6. The third kappa shape index (κ3) is 7.99. The van der Waals surface area contributed by atoms with Crippen LogP contribution in [0.3, 0.4) is 0 Å². The Morgan fingerprint density at radius 2 is 1.63 bits per heavy atom. The molecule has 11 heteroatoms. The first-order valence-electron chi connectivity index (χ1n) is 10.9. The van der Waals surface area contributed by atoms with Gasteiger partial charge < -0.3 is 33.7 Å². The second-order valence-corrected chi connectivity index (χ2v) is 7.75. The number of rotatable bonds is 9. The molecule has 0 spiro atoms. The lowest BCUT2D eigenvalue weighted by Gasteiger charge is -2.44. The quantitative estimate of drug-likeness (QED) is 0.400. The number of carbonyl (C=O) groups excluding carboxylic acids is 4. The first-order chi connectivity index (χ1) is 16.5. The van der Waals surface area contributed by atoms with Crippen LogP contribution in [0.15, 0.2) is 24.3 Å². The highest BCUT2D eigenvalue weighted by atomic mass is 16.7. The summed E-state index contributed by atoms with van der Waals surface area (Å²) in [5.74, 6) is -1.79. The largest absolute Gasteiger partial charge is 0.493 e. The molecule has 1 aromatic rings. The lowest BCUT2D eigenvalue weighted by molar-refractivity contribution is -0.257. The monoisotopic (exact) mass is 493 g/mol. The van der Waals surface area contributed by atoms with Crippen LogP contribution in [0, 0.1) is 0 Å². The summed E-state index contributed by atoms with van der Waals surface area (Å²) in [6.07, 6.45) is -0.990. The number of ether oxygens (including phenoxy) is 6. The SMILES string of the molecule is CC=Cc1ccc(OC2OC(COC(C)=O)C(OC(C)=O)C(OC(C)=O)C2NC(C)=O)c(OC)c1. The van der Waals surface area contributed by atoms with Gasteiger partial charge in [-0.2, -0.15) is 0 Å². The maximum atomic E-state index is 12.0. The minimum atomic E-state index is -1.24. The van der Waals surface area contributed by atoms with Crippen LogP contribution in [0.1, 0.15) is 40.2 Å². The summed E-state index contributed by atoms with van der Waals surface area (Å²) in [7, 11) is 1.47. The van der Waals surface area contributed by atoms with Gasteiger partial charge in [-0.15, -0.1) is 0 Å². The van der Waals surface area contributed by atoms with Crippen LogP contribution in [-0.4, -0.2) is 68.2 Å². The molecule has 0 saturated carbocycles. The number of amides is 1. The van der Waals surface area contributed by atoms with E-state index in [4.69, 9.17) is 28.4 Å². The number of carbonyl (C=O) groups is 4. The van der Waals surface area contributed by atoms with Crippen molar-refractivity contribution < 1.29 is 47.6 Å². The number of hydrogen-bond donors (Lipinski definition) is 1. The molecule has 1 N–H and O–H groups in total. The molecule has 2 rings (SSSR count). The van der Waals surface area contributed by atoms with Crippen molar-refractivity contribution >= 4 is 29.9 Å². The molecule has 1 saturated heterocycles. The predicted octanol–water partition coefficient (Wildman–Crippen LogP) is 1.76. The summed E-state index contributed by atoms with van der Waals surface area (Å²) in [5, 5.41) is 2.65. The summed E-state index contributed by atoms with van der Waals surface area (Å²) in [6.45, 7) is 6.36. The van der Waals surface area contributed by atoms with Gasteiger partial charge >= 0.3 is 17.9 Å². The van der Waals surface area contributed by atoms with E-state index in [0.717, 1.165) is 5.56 Å². The summed E-state index contributed by atoms with van der Waals surface area (Å²) >= 11 is 0. The van der Waals surface area contributed by atoms with Crippen molar-refractivity contribution in [2.45, 2.75) is 65.3 Å². The van der Waals surface area contributed by atoms with E-state index < -0.39 is 54.5 Å². The Morgan fingerprint density at radius 3 is 2.17 bits per heavy atom. The van der Waals surface area contributed by atoms with Crippen LogP contribution in [0.5, 0.6) is 11.5 Å². The molecule has 0 bridgehead atoms. The third-order valence-electron chi connectivity index (χ3n) is 4.86. The van der Waals surface area contributed by atoms with Gasteiger partial charge in [-0.3, -0.25) is 19.2 Å². The second-order valence-electron chi connectivity index (χ2n) is 7.75. The van der Waals surface area contributed by atoms with Crippen molar-refractivity contribution in [3.05, 3.63) is 29.8 Å². The first kappa shape index (κ1) is 27.6. The maximum absolute atomic E-state index is 12.0. The predicted molar refractivity (Wildman–Crippen MR) is 122 cm³/mol. The molecule has 1 aromatic carbocycles. The van der Waals surface area contributed by atoms with Crippen LogP contribution >= 0.6 is 0 Å². The summed E-state index contributed by atoms with van der Waals surface area (Å²) in [6, 6.07) is 4.10. The molecular weight excluding hydrogens is 462 g/mol. The Hall–Kier alpha value is -3.60. The minimum absolute atomic E-state index is 0.278. The van der Waals surface area contributed by atoms with E-state index in [2.05, 4.69) is 5.32 Å². The third-order valence-corrected chi connectivity index (χ3v) is 4.86. The number of allylic oxidation sites excluding steroid dienone is 1. The van der Waals surface area contributed by atoms with Crippen LogP contribution in [0.4, 0.5) is 0 Å². The highest BCUT2D eigenvalue weighted by Crippen LogP contribution is 2.34. The Labute approximate surface area is 203 Å². The van der Waals surface area contributed by atoms with Crippen LogP contribution in [0.25, 0.3) is 6.08 Å². The standard InChI is InChI=1S/C24H31NO10/c1-7-8-17-9-10-18(19(11-17)30-6)34-24-21(25-13(2)26)23(33-16(5)29)22(32-15(4)28)20(35-24)12-31-14(3)27/h7-11,20-24H,12H2,1-6H3,(H,25,26). The van der Waals surface area contributed by atoms with Crippen LogP contribution in [0.2, 0.25) is 0 Å². The molecule has 1 aliphatic rings. The van der Waals surface area contributed by atoms with Gasteiger partial charge in [0, 0.05) is 27.7 Å². The molecule has 1 fully saturated rings. The molecule has 1 heterocycles. The summed E-state index contributed by atoms with van der Waals surface area (Å²) < 4.78 is 33.4. The van der Waals surface area contributed by atoms with Gasteiger partial charge in [0.25, 0.3) is 0 Å². The first-order valence-corrected chi connectivity index (χ1v) is 10.9. The smallest absolute Gasteiger partial charge is 0.303 e. The van der Waals surface area contributed by atoms with E-state index in [9.17, 15) is 19.2 Å². The molecule has 1 aliphatic heterocycles. The molecule has 5 unspecified atom stereocenters. The van der Waals surface area contributed by atoms with Gasteiger partial charge in [0.2, 0.25) is 12.2 Å². The number of hydrogen-bond acceptors (Lipinski definition) is 10. The van der Waals surface area contributed by atoms with Gasteiger partial charge in [-0.25, -0.2) is 0 Å². The molecule has 192 valence electrons.